The molecule has 7 nitrogen and oxygen atoms in total. The van der Waals surface area contributed by atoms with Crippen molar-refractivity contribution in [2.24, 2.45) is 0 Å². The molecule has 1 aromatic heterocycles. The minimum Gasteiger partial charge on any atom is -0.378 e. The third-order valence-electron chi connectivity index (χ3n) is 5.45. The molecule has 2 fully saturated rings. The quantitative estimate of drug-likeness (QED) is 0.852. The van der Waals surface area contributed by atoms with Gasteiger partial charge in [0.1, 0.15) is 0 Å². The first-order valence-electron chi connectivity index (χ1n) is 10.1. The van der Waals surface area contributed by atoms with Crippen LogP contribution < -0.4 is 10.2 Å². The minimum absolute atomic E-state index is 0.0658. The zero-order valence-corrected chi connectivity index (χ0v) is 16.6. The Bertz CT molecular complexity index is 847. The van der Waals surface area contributed by atoms with Gasteiger partial charge in [0, 0.05) is 37.8 Å². The van der Waals surface area contributed by atoms with Gasteiger partial charge in [-0.05, 0) is 31.9 Å². The zero-order valence-electron chi connectivity index (χ0n) is 16.6. The van der Waals surface area contributed by atoms with Crippen LogP contribution in [0.3, 0.4) is 0 Å². The number of nitrogens with zero attached hydrogens (tertiary/aromatic N) is 4. The molecule has 0 aliphatic carbocycles. The number of aromatic nitrogens is 2. The van der Waals surface area contributed by atoms with E-state index in [1.807, 2.05) is 41.0 Å². The van der Waals surface area contributed by atoms with Crippen molar-refractivity contribution in [3.63, 3.8) is 0 Å². The Morgan fingerprint density at radius 3 is 2.52 bits per heavy atom. The van der Waals surface area contributed by atoms with Crippen molar-refractivity contribution in [1.82, 2.24) is 14.9 Å². The lowest BCUT2D eigenvalue weighted by atomic mass is 10.0. The predicted octanol–water partition coefficient (Wildman–Crippen LogP) is 2.48. The number of carbonyl (C=O) groups excluding carboxylic acids is 1. The van der Waals surface area contributed by atoms with Crippen LogP contribution in [0.1, 0.15) is 28.8 Å². The van der Waals surface area contributed by atoms with Crippen LogP contribution in [0.25, 0.3) is 0 Å². The number of carbonyl (C=O) groups is 1. The van der Waals surface area contributed by atoms with E-state index in [1.165, 1.54) is 6.20 Å². The van der Waals surface area contributed by atoms with E-state index in [0.29, 0.717) is 51.2 Å². The lowest BCUT2D eigenvalue weighted by Crippen LogP contribution is -2.42. The van der Waals surface area contributed by atoms with E-state index >= 15 is 0 Å². The fourth-order valence-electron chi connectivity index (χ4n) is 3.71. The molecule has 0 atom stereocenters. The maximum absolute atomic E-state index is 14.2. The summed E-state index contributed by atoms with van der Waals surface area (Å²) in [5.74, 6) is 0.390. The van der Waals surface area contributed by atoms with Crippen molar-refractivity contribution in [3.8, 4) is 0 Å². The van der Waals surface area contributed by atoms with Crippen LogP contribution in [0.2, 0.25) is 0 Å². The normalized spacial score (nSPS) is 18.0. The summed E-state index contributed by atoms with van der Waals surface area (Å²) < 4.78 is 19.5. The second-order valence-electron chi connectivity index (χ2n) is 7.54. The molecular weight excluding hydrogens is 373 g/mol. The van der Waals surface area contributed by atoms with Crippen LogP contribution in [0, 0.1) is 12.7 Å². The number of nitrogens with one attached hydrogen (secondary N) is 1. The molecule has 2 aromatic rings. The van der Waals surface area contributed by atoms with E-state index in [1.54, 1.807) is 0 Å². The number of hydrogen-bond donors (Lipinski definition) is 1. The SMILES string of the molecule is Cc1ccc(C(=O)N2CCC(Nc3ncc(F)c(N4CCOCC4)n3)CC2)cc1. The fourth-order valence-corrected chi connectivity index (χ4v) is 3.71. The largest absolute Gasteiger partial charge is 0.378 e. The molecule has 0 radical (unpaired) electrons. The Morgan fingerprint density at radius 1 is 1.14 bits per heavy atom. The second kappa shape index (κ2) is 8.73. The van der Waals surface area contributed by atoms with Gasteiger partial charge in [-0.3, -0.25) is 4.79 Å². The molecule has 3 heterocycles. The number of ether oxygens (including phenoxy) is 1. The smallest absolute Gasteiger partial charge is 0.253 e. The number of aryl methyl sites for hydroxylation is 1. The van der Waals surface area contributed by atoms with Crippen LogP contribution in [0.4, 0.5) is 16.2 Å². The minimum atomic E-state index is -0.420. The molecule has 1 amide bonds. The summed E-state index contributed by atoms with van der Waals surface area (Å²) in [5.41, 5.74) is 1.86. The van der Waals surface area contributed by atoms with Gasteiger partial charge in [-0.1, -0.05) is 17.7 Å². The number of amides is 1. The molecule has 0 unspecified atom stereocenters. The molecule has 2 aliphatic rings. The lowest BCUT2D eigenvalue weighted by Gasteiger charge is -2.33. The Morgan fingerprint density at radius 2 is 1.83 bits per heavy atom. The fraction of sp³-hybridized carbons (Fsp3) is 0.476. The van der Waals surface area contributed by atoms with E-state index in [2.05, 4.69) is 15.3 Å². The molecule has 0 saturated carbocycles. The van der Waals surface area contributed by atoms with Gasteiger partial charge in [0.2, 0.25) is 5.95 Å². The van der Waals surface area contributed by atoms with Gasteiger partial charge in [0.05, 0.1) is 19.4 Å². The summed E-state index contributed by atoms with van der Waals surface area (Å²) >= 11 is 0. The number of likely N-dealkylation sites (tertiary alicyclic amines) is 1. The summed E-state index contributed by atoms with van der Waals surface area (Å²) in [7, 11) is 0. The third-order valence-corrected chi connectivity index (χ3v) is 5.45. The molecule has 0 spiro atoms. The van der Waals surface area contributed by atoms with Gasteiger partial charge in [0.25, 0.3) is 5.91 Å². The van der Waals surface area contributed by atoms with Crippen molar-refractivity contribution in [2.45, 2.75) is 25.8 Å². The number of halogens is 1. The molecule has 29 heavy (non-hydrogen) atoms. The van der Waals surface area contributed by atoms with Gasteiger partial charge >= 0.3 is 0 Å². The molecule has 1 N–H and O–H groups in total. The zero-order chi connectivity index (χ0) is 20.2. The van der Waals surface area contributed by atoms with Crippen molar-refractivity contribution in [1.29, 1.82) is 0 Å². The molecule has 154 valence electrons. The van der Waals surface area contributed by atoms with E-state index in [0.717, 1.165) is 24.0 Å². The first kappa shape index (κ1) is 19.6. The number of morpholine rings is 1. The van der Waals surface area contributed by atoms with Crippen LogP contribution in [0.15, 0.2) is 30.5 Å². The van der Waals surface area contributed by atoms with Gasteiger partial charge in [0.15, 0.2) is 11.6 Å². The van der Waals surface area contributed by atoms with Crippen molar-refractivity contribution < 1.29 is 13.9 Å². The van der Waals surface area contributed by atoms with Crippen LogP contribution in [0.5, 0.6) is 0 Å². The first-order valence-corrected chi connectivity index (χ1v) is 10.1. The van der Waals surface area contributed by atoms with E-state index < -0.39 is 5.82 Å². The van der Waals surface area contributed by atoms with Crippen molar-refractivity contribution in [3.05, 3.63) is 47.4 Å². The Labute approximate surface area is 169 Å². The number of benzene rings is 1. The summed E-state index contributed by atoms with van der Waals surface area (Å²) in [6.07, 6.45) is 2.81. The van der Waals surface area contributed by atoms with Crippen LogP contribution in [-0.4, -0.2) is 66.2 Å². The maximum atomic E-state index is 14.2. The number of rotatable bonds is 4. The van der Waals surface area contributed by atoms with E-state index in [4.69, 9.17) is 4.74 Å². The Kier molecular flexibility index (Phi) is 5.89. The highest BCUT2D eigenvalue weighted by Crippen LogP contribution is 2.21. The third kappa shape index (κ3) is 4.64. The molecule has 2 saturated heterocycles. The standard InChI is InChI=1S/C21H26FN5O2/c1-15-2-4-16(5-3-15)20(28)27-8-6-17(7-9-27)24-21-23-14-18(22)19(25-21)26-10-12-29-13-11-26/h2-5,14,17H,6-13H2,1H3,(H,23,24,25). The molecule has 1 aromatic carbocycles. The molecule has 8 heteroatoms. The molecule has 0 bridgehead atoms. The number of hydrogen-bond acceptors (Lipinski definition) is 6. The first-order chi connectivity index (χ1) is 14.1. The second-order valence-corrected chi connectivity index (χ2v) is 7.54. The lowest BCUT2D eigenvalue weighted by molar-refractivity contribution is 0.0718. The summed E-state index contributed by atoms with van der Waals surface area (Å²) in [6.45, 7) is 5.72. The van der Waals surface area contributed by atoms with Gasteiger partial charge in [-0.2, -0.15) is 4.98 Å². The Balaban J connectivity index is 1.35. The molecule has 4 rings (SSSR count). The highest BCUT2D eigenvalue weighted by atomic mass is 19.1. The van der Waals surface area contributed by atoms with Crippen LogP contribution in [-0.2, 0) is 4.74 Å². The number of anilines is 2. The highest BCUT2D eigenvalue weighted by Gasteiger charge is 2.25. The molecular formula is C21H26FN5O2. The Hall–Kier alpha value is -2.74. The average Bonchev–Trinajstić information content (AvgIpc) is 2.76. The van der Waals surface area contributed by atoms with Crippen LogP contribution >= 0.6 is 0 Å². The number of piperidine rings is 1. The van der Waals surface area contributed by atoms with Gasteiger partial charge in [-0.25, -0.2) is 9.37 Å². The van der Waals surface area contributed by atoms with Gasteiger partial charge in [-0.15, -0.1) is 0 Å². The van der Waals surface area contributed by atoms with Gasteiger partial charge < -0.3 is 19.9 Å². The molecule has 2 aliphatic heterocycles. The predicted molar refractivity (Wildman–Crippen MR) is 109 cm³/mol. The van der Waals surface area contributed by atoms with Crippen molar-refractivity contribution >= 4 is 17.7 Å². The summed E-state index contributed by atoms with van der Waals surface area (Å²) in [4.78, 5) is 24.9. The monoisotopic (exact) mass is 399 g/mol. The van der Waals surface area contributed by atoms with Crippen molar-refractivity contribution in [2.75, 3.05) is 49.6 Å². The summed E-state index contributed by atoms with van der Waals surface area (Å²) in [5, 5.41) is 3.31. The highest BCUT2D eigenvalue weighted by molar-refractivity contribution is 5.94. The summed E-state index contributed by atoms with van der Waals surface area (Å²) in [6, 6.07) is 7.82. The topological polar surface area (TPSA) is 70.6 Å². The average molecular weight is 399 g/mol. The van der Waals surface area contributed by atoms with E-state index in [-0.39, 0.29) is 11.9 Å². The van der Waals surface area contributed by atoms with E-state index in [9.17, 15) is 9.18 Å². The maximum Gasteiger partial charge on any atom is 0.253 e.